The quantitative estimate of drug-likeness (QED) is 0.183. The third kappa shape index (κ3) is 4.27. The van der Waals surface area contributed by atoms with E-state index in [0.29, 0.717) is 0 Å². The van der Waals surface area contributed by atoms with E-state index < -0.39 is 0 Å². The van der Waals surface area contributed by atoms with Crippen LogP contribution in [0.25, 0.3) is 97.7 Å². The lowest BCUT2D eigenvalue weighted by atomic mass is 9.99. The van der Waals surface area contributed by atoms with Crippen molar-refractivity contribution in [2.75, 3.05) is 0 Å². The Morgan fingerprint density at radius 1 is 0.353 bits per heavy atom. The van der Waals surface area contributed by atoms with Gasteiger partial charge in [0.15, 0.2) is 0 Å². The normalized spacial score (nSPS) is 11.9. The van der Waals surface area contributed by atoms with E-state index in [4.69, 9.17) is 4.98 Å². The number of nitrogens with zero attached hydrogens (tertiary/aromatic N) is 3. The van der Waals surface area contributed by atoms with Crippen molar-refractivity contribution in [3.8, 4) is 33.9 Å². The van der Waals surface area contributed by atoms with Crippen molar-refractivity contribution >= 4 is 75.1 Å². The Morgan fingerprint density at radius 2 is 0.863 bits per heavy atom. The van der Waals surface area contributed by atoms with E-state index in [0.717, 1.165) is 33.7 Å². The molecule has 7 aromatic carbocycles. The summed E-state index contributed by atoms with van der Waals surface area (Å²) in [6.45, 7) is 0. The number of benzene rings is 7. The zero-order chi connectivity index (χ0) is 33.5. The fraction of sp³-hybridized carbons (Fsp3) is 0. The first-order valence-electron chi connectivity index (χ1n) is 17.3. The maximum atomic E-state index is 5.44. The van der Waals surface area contributed by atoms with E-state index in [1.807, 2.05) is 11.3 Å². The third-order valence-corrected chi connectivity index (χ3v) is 11.5. The summed E-state index contributed by atoms with van der Waals surface area (Å²) < 4.78 is 7.26. The maximum absolute atomic E-state index is 5.44. The lowest BCUT2D eigenvalue weighted by Gasteiger charge is -2.13. The molecule has 0 aliphatic carbocycles. The maximum Gasteiger partial charge on any atom is 0.140 e. The first-order valence-corrected chi connectivity index (χ1v) is 18.1. The molecule has 0 aliphatic heterocycles. The number of para-hydroxylation sites is 4. The molecule has 0 atom stereocenters. The molecule has 0 spiro atoms. The summed E-state index contributed by atoms with van der Waals surface area (Å²) in [6, 6.07) is 63.5. The smallest absolute Gasteiger partial charge is 0.140 e. The van der Waals surface area contributed by atoms with Crippen LogP contribution in [0.3, 0.4) is 0 Å². The largest absolute Gasteiger partial charge is 0.294 e. The fourth-order valence-corrected chi connectivity index (χ4v) is 9.14. The van der Waals surface area contributed by atoms with Crippen LogP contribution >= 0.6 is 11.3 Å². The van der Waals surface area contributed by atoms with Gasteiger partial charge in [-0.1, -0.05) is 121 Å². The van der Waals surface area contributed by atoms with Crippen molar-refractivity contribution in [1.29, 1.82) is 0 Å². The Bertz CT molecular complexity index is 3090. The number of thiophene rings is 1. The predicted octanol–water partition coefficient (Wildman–Crippen LogP) is 13.0. The Morgan fingerprint density at radius 3 is 1.55 bits per heavy atom. The third-order valence-electron chi connectivity index (χ3n) is 10.3. The Hall–Kier alpha value is -6.49. The molecule has 0 N–H and O–H groups in total. The van der Waals surface area contributed by atoms with Gasteiger partial charge in [-0.3, -0.25) is 9.13 Å². The highest BCUT2D eigenvalue weighted by atomic mass is 32.1. The minimum absolute atomic E-state index is 0.891. The van der Waals surface area contributed by atoms with Crippen LogP contribution in [0.4, 0.5) is 0 Å². The Labute approximate surface area is 297 Å². The van der Waals surface area contributed by atoms with Crippen molar-refractivity contribution in [2.45, 2.75) is 0 Å². The molecule has 4 heteroatoms. The molecule has 0 unspecified atom stereocenters. The zero-order valence-corrected chi connectivity index (χ0v) is 28.3. The van der Waals surface area contributed by atoms with E-state index in [9.17, 15) is 0 Å². The molecule has 0 radical (unpaired) electrons. The molecule has 51 heavy (non-hydrogen) atoms. The fourth-order valence-electron chi connectivity index (χ4n) is 8.08. The molecule has 11 aromatic rings. The second-order valence-electron chi connectivity index (χ2n) is 13.2. The first kappa shape index (κ1) is 28.4. The summed E-state index contributed by atoms with van der Waals surface area (Å²) in [7, 11) is 0. The van der Waals surface area contributed by atoms with Crippen LogP contribution < -0.4 is 0 Å². The van der Waals surface area contributed by atoms with Crippen molar-refractivity contribution in [3.05, 3.63) is 176 Å². The number of pyridine rings is 1. The van der Waals surface area contributed by atoms with Gasteiger partial charge >= 0.3 is 0 Å². The standard InChI is InChI=1S/C47H29N3S/c1-2-12-30(13-3-1)31-24-26-43-38(28-31)39-29-32(25-27-44(39)51-43)33-17-10-18-37-36-16-6-9-21-42(36)50(47(33)37)46-23-11-22-45(48-46)49-40-19-7-4-14-34(40)35-15-5-8-20-41(35)49/h1-29H. The summed E-state index contributed by atoms with van der Waals surface area (Å²) in [6.07, 6.45) is 0. The van der Waals surface area contributed by atoms with Crippen molar-refractivity contribution < 1.29 is 0 Å². The van der Waals surface area contributed by atoms with E-state index >= 15 is 0 Å². The van der Waals surface area contributed by atoms with Crippen LogP contribution in [0.5, 0.6) is 0 Å². The molecule has 0 saturated carbocycles. The minimum Gasteiger partial charge on any atom is -0.294 e. The minimum atomic E-state index is 0.891. The average Bonchev–Trinajstić information content (AvgIpc) is 3.85. The van der Waals surface area contributed by atoms with E-state index in [1.54, 1.807) is 0 Å². The van der Waals surface area contributed by atoms with Crippen LogP contribution in [0.15, 0.2) is 176 Å². The van der Waals surface area contributed by atoms with Gasteiger partial charge in [0.25, 0.3) is 0 Å². The molecule has 0 saturated heterocycles. The number of hydrogen-bond donors (Lipinski definition) is 0. The van der Waals surface area contributed by atoms with Gasteiger partial charge in [-0.05, 0) is 71.3 Å². The topological polar surface area (TPSA) is 22.8 Å². The monoisotopic (exact) mass is 667 g/mol. The Kier molecular flexibility index (Phi) is 6.12. The molecule has 0 fully saturated rings. The van der Waals surface area contributed by atoms with E-state index in [2.05, 4.69) is 185 Å². The molecule has 238 valence electrons. The highest BCUT2D eigenvalue weighted by Gasteiger charge is 2.19. The average molecular weight is 668 g/mol. The summed E-state index contributed by atoms with van der Waals surface area (Å²) in [5, 5.41) is 7.48. The molecule has 11 rings (SSSR count). The highest BCUT2D eigenvalue weighted by molar-refractivity contribution is 7.25. The summed E-state index contributed by atoms with van der Waals surface area (Å²) in [5.41, 5.74) is 9.46. The molecule has 4 aromatic heterocycles. The van der Waals surface area contributed by atoms with Crippen molar-refractivity contribution in [3.63, 3.8) is 0 Å². The first-order chi connectivity index (χ1) is 25.3. The number of aromatic nitrogens is 3. The van der Waals surface area contributed by atoms with E-state index in [-0.39, 0.29) is 0 Å². The second-order valence-corrected chi connectivity index (χ2v) is 14.3. The van der Waals surface area contributed by atoms with Gasteiger partial charge in [-0.2, -0.15) is 0 Å². The molecule has 0 bridgehead atoms. The van der Waals surface area contributed by atoms with Crippen molar-refractivity contribution in [2.24, 2.45) is 0 Å². The molecule has 3 nitrogen and oxygen atoms in total. The predicted molar refractivity (Wildman–Crippen MR) is 217 cm³/mol. The molecular formula is C47H29N3S. The molecule has 0 aliphatic rings. The van der Waals surface area contributed by atoms with Crippen LogP contribution in [-0.2, 0) is 0 Å². The number of hydrogen-bond acceptors (Lipinski definition) is 2. The van der Waals surface area contributed by atoms with Gasteiger partial charge in [0, 0.05) is 47.3 Å². The van der Waals surface area contributed by atoms with Crippen LogP contribution in [0.2, 0.25) is 0 Å². The summed E-state index contributed by atoms with van der Waals surface area (Å²) in [5.74, 6) is 1.79. The highest BCUT2D eigenvalue weighted by Crippen LogP contribution is 2.42. The summed E-state index contributed by atoms with van der Waals surface area (Å²) in [4.78, 5) is 5.44. The van der Waals surface area contributed by atoms with Gasteiger partial charge in [-0.15, -0.1) is 11.3 Å². The van der Waals surface area contributed by atoms with Gasteiger partial charge in [0.2, 0.25) is 0 Å². The molecule has 0 amide bonds. The second kappa shape index (κ2) is 11.0. The van der Waals surface area contributed by atoms with Gasteiger partial charge in [-0.25, -0.2) is 4.98 Å². The molecular weight excluding hydrogens is 639 g/mol. The van der Waals surface area contributed by atoms with Crippen LogP contribution in [0.1, 0.15) is 0 Å². The lowest BCUT2D eigenvalue weighted by molar-refractivity contribution is 1.01. The Balaban J connectivity index is 1.15. The van der Waals surface area contributed by atoms with Gasteiger partial charge in [0.1, 0.15) is 11.6 Å². The zero-order valence-electron chi connectivity index (χ0n) is 27.5. The van der Waals surface area contributed by atoms with Crippen molar-refractivity contribution in [1.82, 2.24) is 14.1 Å². The summed E-state index contributed by atoms with van der Waals surface area (Å²) >= 11 is 1.86. The van der Waals surface area contributed by atoms with Gasteiger partial charge < -0.3 is 0 Å². The number of rotatable bonds is 4. The van der Waals surface area contributed by atoms with E-state index in [1.165, 1.54) is 64.0 Å². The van der Waals surface area contributed by atoms with Crippen LogP contribution in [0, 0.1) is 0 Å². The molecule has 4 heterocycles. The lowest BCUT2D eigenvalue weighted by Crippen LogP contribution is -2.03. The van der Waals surface area contributed by atoms with Crippen LogP contribution in [-0.4, -0.2) is 14.1 Å². The SMILES string of the molecule is c1ccc(-c2ccc3sc4ccc(-c5cccc6c7ccccc7n(-c7cccc(-n8c9ccccc9c9ccccc98)n7)c56)cc4c3c2)cc1. The van der Waals surface area contributed by atoms with Gasteiger partial charge in [0.05, 0.1) is 22.1 Å². The number of fused-ring (bicyclic) bond motifs is 9.